The lowest BCUT2D eigenvalue weighted by Crippen LogP contribution is -2.42. The van der Waals surface area contributed by atoms with Crippen LogP contribution in [0.25, 0.3) is 0 Å². The van der Waals surface area contributed by atoms with E-state index in [1.807, 2.05) is 16.7 Å². The summed E-state index contributed by atoms with van der Waals surface area (Å²) in [6.07, 6.45) is 1.93. The van der Waals surface area contributed by atoms with Crippen molar-refractivity contribution in [3.8, 4) is 0 Å². The van der Waals surface area contributed by atoms with Gasteiger partial charge in [-0.1, -0.05) is 0 Å². The first kappa shape index (κ1) is 11.1. The number of hydrogen-bond acceptors (Lipinski definition) is 4. The fraction of sp³-hybridized carbons (Fsp3) is 0.900. The highest BCUT2D eigenvalue weighted by Crippen LogP contribution is 2.13. The fourth-order valence-electron chi connectivity index (χ4n) is 1.88. The second kappa shape index (κ2) is 5.61. The van der Waals surface area contributed by atoms with E-state index in [1.165, 1.54) is 0 Å². The third-order valence-corrected chi connectivity index (χ3v) is 3.77. The van der Waals surface area contributed by atoms with Gasteiger partial charge in [0.05, 0.1) is 0 Å². The lowest BCUT2D eigenvalue weighted by molar-refractivity contribution is 0.0512. The Morgan fingerprint density at radius 2 is 1.93 bits per heavy atom. The highest BCUT2D eigenvalue weighted by molar-refractivity contribution is 7.99. The average molecular weight is 230 g/mol. The molecular formula is C10H18N2O2S. The van der Waals surface area contributed by atoms with Crippen LogP contribution >= 0.6 is 11.8 Å². The molecule has 86 valence electrons. The van der Waals surface area contributed by atoms with Crippen molar-refractivity contribution in [3.05, 3.63) is 0 Å². The Morgan fingerprint density at radius 1 is 1.27 bits per heavy atom. The van der Waals surface area contributed by atoms with Crippen molar-refractivity contribution in [2.75, 3.05) is 37.7 Å². The van der Waals surface area contributed by atoms with Crippen molar-refractivity contribution < 1.29 is 9.53 Å². The highest BCUT2D eigenvalue weighted by atomic mass is 32.2. The maximum atomic E-state index is 11.7. The first-order valence-electron chi connectivity index (χ1n) is 5.60. The van der Waals surface area contributed by atoms with Crippen LogP contribution in [0.4, 0.5) is 4.79 Å². The van der Waals surface area contributed by atoms with Crippen LogP contribution in [-0.2, 0) is 4.74 Å². The number of ether oxygens (including phenoxy) is 1. The van der Waals surface area contributed by atoms with Crippen molar-refractivity contribution in [1.82, 2.24) is 10.2 Å². The molecule has 2 aliphatic heterocycles. The zero-order valence-electron chi connectivity index (χ0n) is 8.91. The van der Waals surface area contributed by atoms with E-state index in [9.17, 15) is 4.79 Å². The highest BCUT2D eigenvalue weighted by Gasteiger charge is 2.22. The van der Waals surface area contributed by atoms with Crippen LogP contribution in [-0.4, -0.2) is 54.8 Å². The summed E-state index contributed by atoms with van der Waals surface area (Å²) in [6.45, 7) is 3.62. The molecule has 2 rings (SSSR count). The van der Waals surface area contributed by atoms with Crippen LogP contribution in [0.5, 0.6) is 0 Å². The zero-order chi connectivity index (χ0) is 10.5. The van der Waals surface area contributed by atoms with Gasteiger partial charge in [-0.2, -0.15) is 11.8 Å². The molecule has 2 aliphatic rings. The first-order valence-corrected chi connectivity index (χ1v) is 6.76. The summed E-state index contributed by atoms with van der Waals surface area (Å²) in [5.41, 5.74) is 0. The van der Waals surface area contributed by atoms with E-state index in [2.05, 4.69) is 5.32 Å². The fourth-order valence-corrected chi connectivity index (χ4v) is 2.78. The van der Waals surface area contributed by atoms with E-state index in [0.717, 1.165) is 50.5 Å². The van der Waals surface area contributed by atoms with Gasteiger partial charge in [0.25, 0.3) is 0 Å². The monoisotopic (exact) mass is 230 g/mol. The van der Waals surface area contributed by atoms with Crippen LogP contribution in [0, 0.1) is 0 Å². The third-order valence-electron chi connectivity index (χ3n) is 2.82. The predicted molar refractivity (Wildman–Crippen MR) is 61.3 cm³/mol. The summed E-state index contributed by atoms with van der Waals surface area (Å²) in [5, 5.41) is 3.26. The molecule has 0 aromatic heterocycles. The first-order chi connectivity index (χ1) is 7.36. The normalized spacial score (nSPS) is 23.9. The van der Waals surface area contributed by atoms with E-state index >= 15 is 0 Å². The van der Waals surface area contributed by atoms with Crippen molar-refractivity contribution >= 4 is 17.9 Å². The van der Waals surface area contributed by atoms with E-state index in [4.69, 9.17) is 4.74 Å². The largest absolute Gasteiger partial charge is 0.446 e. The van der Waals surface area contributed by atoms with Gasteiger partial charge in [0.2, 0.25) is 0 Å². The second-order valence-corrected chi connectivity index (χ2v) is 5.16. The molecule has 2 saturated heterocycles. The molecule has 0 aromatic carbocycles. The third kappa shape index (κ3) is 3.28. The summed E-state index contributed by atoms with van der Waals surface area (Å²) >= 11 is 1.90. The van der Waals surface area contributed by atoms with Crippen LogP contribution < -0.4 is 5.32 Å². The molecule has 4 nitrogen and oxygen atoms in total. The van der Waals surface area contributed by atoms with Gasteiger partial charge in [-0.15, -0.1) is 0 Å². The van der Waals surface area contributed by atoms with E-state index in [-0.39, 0.29) is 12.2 Å². The smallest absolute Gasteiger partial charge is 0.410 e. The number of rotatable bonds is 1. The Morgan fingerprint density at radius 3 is 2.60 bits per heavy atom. The van der Waals surface area contributed by atoms with Crippen LogP contribution in [0.3, 0.4) is 0 Å². The van der Waals surface area contributed by atoms with Gasteiger partial charge < -0.3 is 15.0 Å². The molecule has 1 amide bonds. The number of carbonyl (C=O) groups excluding carboxylic acids is 1. The predicted octanol–water partition coefficient (Wildman–Crippen LogP) is 0.924. The SMILES string of the molecule is O=C(OC1CCNCC1)N1CCSCC1. The van der Waals surface area contributed by atoms with E-state index in [1.54, 1.807) is 0 Å². The standard InChI is InChI=1S/C10H18N2O2S/c13-10(12-5-7-15-8-6-12)14-9-1-3-11-4-2-9/h9,11H,1-8H2. The molecular weight excluding hydrogens is 212 g/mol. The molecule has 2 heterocycles. The molecule has 0 bridgehead atoms. The van der Waals surface area contributed by atoms with Crippen molar-refractivity contribution in [2.45, 2.75) is 18.9 Å². The van der Waals surface area contributed by atoms with Crippen molar-refractivity contribution in [1.29, 1.82) is 0 Å². The van der Waals surface area contributed by atoms with E-state index in [0.29, 0.717) is 0 Å². The van der Waals surface area contributed by atoms with Gasteiger partial charge in [0, 0.05) is 24.6 Å². The molecule has 0 unspecified atom stereocenters. The molecule has 5 heteroatoms. The number of nitrogens with one attached hydrogen (secondary N) is 1. The number of thioether (sulfide) groups is 1. The summed E-state index contributed by atoms with van der Waals surface area (Å²) in [5.74, 6) is 2.09. The molecule has 0 spiro atoms. The Kier molecular flexibility index (Phi) is 4.14. The Balaban J connectivity index is 1.74. The number of nitrogens with zero attached hydrogens (tertiary/aromatic N) is 1. The molecule has 0 aromatic rings. The van der Waals surface area contributed by atoms with Gasteiger partial charge in [0.15, 0.2) is 0 Å². The topological polar surface area (TPSA) is 41.6 Å². The molecule has 1 N–H and O–H groups in total. The minimum atomic E-state index is -0.109. The van der Waals surface area contributed by atoms with Crippen LogP contribution in [0.15, 0.2) is 0 Å². The molecule has 0 radical (unpaired) electrons. The van der Waals surface area contributed by atoms with Gasteiger partial charge >= 0.3 is 6.09 Å². The Labute approximate surface area is 94.7 Å². The summed E-state index contributed by atoms with van der Waals surface area (Å²) in [7, 11) is 0. The molecule has 0 aliphatic carbocycles. The average Bonchev–Trinajstić information content (AvgIpc) is 2.31. The quantitative estimate of drug-likeness (QED) is 0.727. The lowest BCUT2D eigenvalue weighted by atomic mass is 10.1. The molecule has 2 fully saturated rings. The molecule has 0 saturated carbocycles. The van der Waals surface area contributed by atoms with Gasteiger partial charge in [0.1, 0.15) is 6.10 Å². The van der Waals surface area contributed by atoms with E-state index < -0.39 is 0 Å². The van der Waals surface area contributed by atoms with Gasteiger partial charge in [-0.05, 0) is 25.9 Å². The van der Waals surface area contributed by atoms with Gasteiger partial charge in [-0.25, -0.2) is 4.79 Å². The maximum absolute atomic E-state index is 11.7. The van der Waals surface area contributed by atoms with Crippen molar-refractivity contribution in [3.63, 3.8) is 0 Å². The Hall–Kier alpha value is -0.420. The molecule has 0 atom stereocenters. The molecule has 15 heavy (non-hydrogen) atoms. The second-order valence-electron chi connectivity index (χ2n) is 3.93. The minimum absolute atomic E-state index is 0.109. The lowest BCUT2D eigenvalue weighted by Gasteiger charge is -2.29. The number of amides is 1. The number of piperidine rings is 1. The van der Waals surface area contributed by atoms with Crippen LogP contribution in [0.1, 0.15) is 12.8 Å². The number of hydrogen-bond donors (Lipinski definition) is 1. The van der Waals surface area contributed by atoms with Gasteiger partial charge in [-0.3, -0.25) is 0 Å². The minimum Gasteiger partial charge on any atom is -0.446 e. The van der Waals surface area contributed by atoms with Crippen LogP contribution in [0.2, 0.25) is 0 Å². The zero-order valence-corrected chi connectivity index (χ0v) is 9.72. The Bertz CT molecular complexity index is 213. The maximum Gasteiger partial charge on any atom is 0.410 e. The number of carbonyl (C=O) groups is 1. The summed E-state index contributed by atoms with van der Waals surface area (Å²) < 4.78 is 5.47. The summed E-state index contributed by atoms with van der Waals surface area (Å²) in [4.78, 5) is 13.6. The van der Waals surface area contributed by atoms with Crippen molar-refractivity contribution in [2.24, 2.45) is 0 Å². The summed E-state index contributed by atoms with van der Waals surface area (Å²) in [6, 6.07) is 0.